The molecule has 2 N–H and O–H groups in total. The summed E-state index contributed by atoms with van der Waals surface area (Å²) in [6.45, 7) is 3.75. The van der Waals surface area contributed by atoms with Gasteiger partial charge >= 0.3 is 0 Å². The van der Waals surface area contributed by atoms with E-state index in [1.807, 2.05) is 12.1 Å². The average molecular weight is 538 g/mol. The number of hydrogen-bond donors (Lipinski definition) is 2. The van der Waals surface area contributed by atoms with Crippen LogP contribution in [0.5, 0.6) is 0 Å². The first-order valence-electron chi connectivity index (χ1n) is 14.3. The number of carbonyl (C=O) groups is 1. The average Bonchev–Trinajstić information content (AvgIpc) is 3.55. The zero-order valence-corrected chi connectivity index (χ0v) is 23.2. The molecule has 9 heteroatoms. The van der Waals surface area contributed by atoms with E-state index < -0.39 is 0 Å². The van der Waals surface area contributed by atoms with Crippen molar-refractivity contribution in [1.29, 1.82) is 0 Å². The first-order chi connectivity index (χ1) is 19.6. The van der Waals surface area contributed by atoms with E-state index in [1.165, 1.54) is 12.0 Å². The highest BCUT2D eigenvalue weighted by Gasteiger charge is 2.29. The summed E-state index contributed by atoms with van der Waals surface area (Å²) in [7, 11) is 4.13. The van der Waals surface area contributed by atoms with Gasteiger partial charge < -0.3 is 24.8 Å². The Morgan fingerprint density at radius 1 is 1.12 bits per heavy atom. The molecule has 6 heterocycles. The van der Waals surface area contributed by atoms with Gasteiger partial charge in [0.25, 0.3) is 5.91 Å². The molecule has 0 aliphatic carbocycles. The first kappa shape index (κ1) is 25.2. The van der Waals surface area contributed by atoms with Crippen LogP contribution in [0.25, 0.3) is 22.3 Å². The number of rotatable bonds is 6. The van der Waals surface area contributed by atoms with Crippen molar-refractivity contribution < 1.29 is 9.53 Å². The van der Waals surface area contributed by atoms with Crippen molar-refractivity contribution in [3.8, 4) is 11.3 Å². The van der Waals surface area contributed by atoms with E-state index in [2.05, 4.69) is 52.4 Å². The van der Waals surface area contributed by atoms with Crippen LogP contribution in [0.15, 0.2) is 36.5 Å². The largest absolute Gasteiger partial charge is 0.381 e. The minimum atomic E-state index is -0.0871. The van der Waals surface area contributed by atoms with Crippen LogP contribution in [0.1, 0.15) is 64.6 Å². The van der Waals surface area contributed by atoms with Crippen molar-refractivity contribution in [2.75, 3.05) is 32.6 Å². The number of imidazole rings is 1. The van der Waals surface area contributed by atoms with Gasteiger partial charge in [-0.3, -0.25) is 9.78 Å². The minimum Gasteiger partial charge on any atom is -0.381 e. The van der Waals surface area contributed by atoms with Crippen LogP contribution >= 0.6 is 0 Å². The van der Waals surface area contributed by atoms with Gasteiger partial charge in [-0.1, -0.05) is 18.2 Å². The summed E-state index contributed by atoms with van der Waals surface area (Å²) < 4.78 is 7.93. The molecule has 40 heavy (non-hydrogen) atoms. The third kappa shape index (κ3) is 4.43. The Bertz CT molecular complexity index is 1600. The summed E-state index contributed by atoms with van der Waals surface area (Å²) in [5.74, 6) is 2.23. The summed E-state index contributed by atoms with van der Waals surface area (Å²) in [5, 5.41) is 6.48. The number of nitrogens with zero attached hydrogens (tertiary/aromatic N) is 5. The highest BCUT2D eigenvalue weighted by Crippen LogP contribution is 2.38. The second-order valence-corrected chi connectivity index (χ2v) is 11.3. The van der Waals surface area contributed by atoms with Crippen LogP contribution in [-0.4, -0.2) is 57.6 Å². The van der Waals surface area contributed by atoms with Crippen molar-refractivity contribution in [1.82, 2.24) is 29.7 Å². The van der Waals surface area contributed by atoms with Crippen LogP contribution in [0.2, 0.25) is 0 Å². The zero-order chi connectivity index (χ0) is 27.2. The summed E-state index contributed by atoms with van der Waals surface area (Å²) in [5.41, 5.74) is 8.57. The Labute approximate surface area is 234 Å². The van der Waals surface area contributed by atoms with Gasteiger partial charge in [0.2, 0.25) is 0 Å². The monoisotopic (exact) mass is 537 g/mol. The van der Waals surface area contributed by atoms with Gasteiger partial charge in [0.1, 0.15) is 11.6 Å². The highest BCUT2D eigenvalue weighted by atomic mass is 16.5. The van der Waals surface area contributed by atoms with Crippen LogP contribution in [0.3, 0.4) is 0 Å². The van der Waals surface area contributed by atoms with E-state index in [4.69, 9.17) is 19.7 Å². The molecule has 206 valence electrons. The smallest absolute Gasteiger partial charge is 0.254 e. The molecule has 0 spiro atoms. The number of amides is 1. The summed E-state index contributed by atoms with van der Waals surface area (Å²) in [4.78, 5) is 30.2. The molecule has 1 fully saturated rings. The van der Waals surface area contributed by atoms with Gasteiger partial charge in [-0.25, -0.2) is 9.97 Å². The Morgan fingerprint density at radius 2 is 2.00 bits per heavy atom. The molecule has 3 aliphatic rings. The van der Waals surface area contributed by atoms with Crippen LogP contribution in [-0.2, 0) is 30.8 Å². The highest BCUT2D eigenvalue weighted by molar-refractivity contribution is 6.06. The van der Waals surface area contributed by atoms with E-state index in [9.17, 15) is 4.79 Å². The van der Waals surface area contributed by atoms with Crippen molar-refractivity contribution >= 4 is 28.4 Å². The predicted octanol–water partition coefficient (Wildman–Crippen LogP) is 4.77. The molecule has 3 aliphatic heterocycles. The number of pyridine rings is 2. The molecule has 0 unspecified atom stereocenters. The van der Waals surface area contributed by atoms with Crippen LogP contribution < -0.4 is 10.6 Å². The number of hydrogen-bond acceptors (Lipinski definition) is 7. The van der Waals surface area contributed by atoms with Crippen molar-refractivity contribution in [3.63, 3.8) is 0 Å². The molecular weight excluding hydrogens is 502 g/mol. The molecule has 0 radical (unpaired) electrons. The predicted molar refractivity (Wildman–Crippen MR) is 155 cm³/mol. The molecule has 7 rings (SSSR count). The fourth-order valence-corrected chi connectivity index (χ4v) is 6.50. The van der Waals surface area contributed by atoms with Gasteiger partial charge in [0.15, 0.2) is 0 Å². The molecule has 9 nitrogen and oxygen atoms in total. The molecule has 0 atom stereocenters. The van der Waals surface area contributed by atoms with Crippen LogP contribution in [0.4, 0.5) is 11.5 Å². The Hall–Kier alpha value is -3.82. The fourth-order valence-electron chi connectivity index (χ4n) is 6.50. The first-order valence-corrected chi connectivity index (χ1v) is 14.3. The second-order valence-electron chi connectivity index (χ2n) is 11.3. The zero-order valence-electron chi connectivity index (χ0n) is 23.2. The molecule has 0 bridgehead atoms. The maximum absolute atomic E-state index is 13.1. The number of ether oxygens (including phenoxy) is 1. The van der Waals surface area contributed by atoms with Crippen LogP contribution in [0, 0.1) is 0 Å². The molecule has 0 saturated carbocycles. The lowest BCUT2D eigenvalue weighted by Gasteiger charge is -2.25. The Morgan fingerprint density at radius 3 is 2.85 bits per heavy atom. The molecule has 3 aromatic heterocycles. The third-order valence-corrected chi connectivity index (χ3v) is 8.36. The maximum Gasteiger partial charge on any atom is 0.254 e. The van der Waals surface area contributed by atoms with Gasteiger partial charge in [0, 0.05) is 50.4 Å². The van der Waals surface area contributed by atoms with Crippen molar-refractivity contribution in [3.05, 3.63) is 64.7 Å². The van der Waals surface area contributed by atoms with Gasteiger partial charge in [-0.15, -0.1) is 0 Å². The van der Waals surface area contributed by atoms with E-state index >= 15 is 0 Å². The lowest BCUT2D eigenvalue weighted by Crippen LogP contribution is -2.20. The van der Waals surface area contributed by atoms with Crippen molar-refractivity contribution in [2.24, 2.45) is 0 Å². The maximum atomic E-state index is 13.1. The number of anilines is 2. The SMILES string of the molecule is CN(C)Cc1nc(Nc2cnc(-c3cccc4nc5n(c34)CCCC5)c3c2C(=O)NC3)ccc1C1CCOCC1. The second kappa shape index (κ2) is 10.3. The number of carbonyl (C=O) groups excluding carboxylic acids is 1. The van der Waals surface area contributed by atoms with E-state index in [0.29, 0.717) is 23.7 Å². The van der Waals surface area contributed by atoms with Gasteiger partial charge in [-0.05, 0) is 63.4 Å². The Kier molecular flexibility index (Phi) is 6.48. The normalized spacial score (nSPS) is 17.2. The topological polar surface area (TPSA) is 97.2 Å². The van der Waals surface area contributed by atoms with Gasteiger partial charge in [0.05, 0.1) is 39.9 Å². The molecule has 1 aromatic carbocycles. The summed E-state index contributed by atoms with van der Waals surface area (Å²) >= 11 is 0. The number of para-hydroxylation sites is 1. The molecule has 1 saturated heterocycles. The quantitative estimate of drug-likeness (QED) is 0.366. The third-order valence-electron chi connectivity index (χ3n) is 8.36. The standard InChI is InChI=1S/C31H35N7O2/c1-37(2)18-25-20(19-11-14-40-15-12-19)9-10-26(35-25)34-24-17-32-29(22-16-33-31(39)28(22)24)21-6-5-7-23-30(21)38-13-4-3-8-27(38)36-23/h5-7,9-10,17,19H,3-4,8,11-16,18H2,1-2H3,(H,33,39)(H,34,35). The fraction of sp³-hybridized carbons (Fsp3) is 0.419. The number of aromatic nitrogens is 4. The minimum absolute atomic E-state index is 0.0871. The number of benzene rings is 1. The number of aryl methyl sites for hydroxylation is 2. The van der Waals surface area contributed by atoms with E-state index in [-0.39, 0.29) is 5.91 Å². The Balaban J connectivity index is 1.27. The van der Waals surface area contributed by atoms with Gasteiger partial charge in [-0.2, -0.15) is 0 Å². The number of fused-ring (bicyclic) bond motifs is 4. The summed E-state index contributed by atoms with van der Waals surface area (Å²) in [6.07, 6.45) is 7.13. The molecule has 1 amide bonds. The molecular formula is C31H35N7O2. The van der Waals surface area contributed by atoms with Crippen molar-refractivity contribution in [2.45, 2.75) is 57.7 Å². The number of nitrogens with one attached hydrogen (secondary N) is 2. The molecule has 4 aromatic rings. The lowest BCUT2D eigenvalue weighted by molar-refractivity contribution is 0.0849. The summed E-state index contributed by atoms with van der Waals surface area (Å²) in [6, 6.07) is 10.4. The van der Waals surface area contributed by atoms with E-state index in [1.54, 1.807) is 6.20 Å². The van der Waals surface area contributed by atoms with E-state index in [0.717, 1.165) is 97.2 Å². The lowest BCUT2D eigenvalue weighted by atomic mass is 9.90.